The first-order valence-corrected chi connectivity index (χ1v) is 3.57. The van der Waals surface area contributed by atoms with Gasteiger partial charge in [0.15, 0.2) is 0 Å². The summed E-state index contributed by atoms with van der Waals surface area (Å²) < 4.78 is 8.90. The smallest absolute Gasteiger partial charge is 0.346 e. The van der Waals surface area contributed by atoms with Crippen molar-refractivity contribution in [2.24, 2.45) is 0 Å². The van der Waals surface area contributed by atoms with E-state index in [4.69, 9.17) is 11.6 Å². The van der Waals surface area contributed by atoms with Gasteiger partial charge in [-0.15, -0.1) is 0 Å². The average Bonchev–Trinajstić information content (AvgIpc) is 1.87. The zero-order valence-corrected chi connectivity index (χ0v) is 7.11. The van der Waals surface area contributed by atoms with E-state index in [1.54, 1.807) is 0 Å². The topological polar surface area (TPSA) is 35.5 Å². The minimum absolute atomic E-state index is 0.0367. The van der Waals surface area contributed by atoms with Gasteiger partial charge in [0.1, 0.15) is 6.07 Å². The highest BCUT2D eigenvalue weighted by atomic mass is 79.9. The molecule has 0 amide bonds. The Hall–Kier alpha value is 0.200. The van der Waals surface area contributed by atoms with Crippen LogP contribution in [0, 0.1) is 0 Å². The molecule has 0 aliphatic heterocycles. The van der Waals surface area contributed by atoms with Crippen molar-refractivity contribution in [2.45, 2.75) is 5.01 Å². The van der Waals surface area contributed by atoms with E-state index >= 15 is 0 Å². The molecule has 0 aliphatic carbocycles. The van der Waals surface area contributed by atoms with Crippen molar-refractivity contribution in [1.82, 2.24) is 0 Å². The Balaban J connectivity index is 3.45. The molecule has 0 aliphatic rings. The zero-order valence-electron chi connectivity index (χ0n) is 4.77. The molecule has 1 atom stereocenters. The standard InChI is InChI=1S/C4H6BrClO3/c1-8-4(7)3(5)9-2-6/h3H,2H2,1H3. The number of esters is 1. The minimum Gasteiger partial charge on any atom is -0.466 e. The summed E-state index contributed by atoms with van der Waals surface area (Å²) in [5, 5.41) is -0.750. The summed E-state index contributed by atoms with van der Waals surface area (Å²) in [4.78, 5) is 10.4. The van der Waals surface area contributed by atoms with Gasteiger partial charge >= 0.3 is 5.97 Å². The van der Waals surface area contributed by atoms with E-state index in [-0.39, 0.29) is 6.07 Å². The number of halogens is 2. The van der Waals surface area contributed by atoms with Crippen LogP contribution in [0.5, 0.6) is 0 Å². The van der Waals surface area contributed by atoms with Crippen LogP contribution in [0.25, 0.3) is 0 Å². The Morgan fingerprint density at radius 1 is 1.89 bits per heavy atom. The first kappa shape index (κ1) is 9.20. The van der Waals surface area contributed by atoms with Gasteiger partial charge in [0.25, 0.3) is 0 Å². The molecular formula is C4H6BrClO3. The van der Waals surface area contributed by atoms with Gasteiger partial charge in [-0.25, -0.2) is 4.79 Å². The van der Waals surface area contributed by atoms with Gasteiger partial charge in [0.05, 0.1) is 7.11 Å². The Bertz CT molecular complexity index is 97.8. The number of ether oxygens (including phenoxy) is 2. The second-order valence-corrected chi connectivity index (χ2v) is 2.16. The molecule has 0 bridgehead atoms. The fraction of sp³-hybridized carbons (Fsp3) is 0.750. The number of carbonyl (C=O) groups is 1. The van der Waals surface area contributed by atoms with Crippen LogP contribution in [0.15, 0.2) is 0 Å². The van der Waals surface area contributed by atoms with Crippen LogP contribution in [0.1, 0.15) is 0 Å². The first-order valence-electron chi connectivity index (χ1n) is 2.12. The van der Waals surface area contributed by atoms with Gasteiger partial charge in [0, 0.05) is 0 Å². The van der Waals surface area contributed by atoms with Crippen LogP contribution < -0.4 is 0 Å². The summed E-state index contributed by atoms with van der Waals surface area (Å²) in [7, 11) is 1.27. The normalized spacial score (nSPS) is 12.8. The molecule has 54 valence electrons. The van der Waals surface area contributed by atoms with Crippen molar-refractivity contribution in [1.29, 1.82) is 0 Å². The maximum atomic E-state index is 10.4. The van der Waals surface area contributed by atoms with Gasteiger partial charge in [-0.05, 0) is 15.9 Å². The molecule has 3 nitrogen and oxygen atoms in total. The summed E-state index contributed by atoms with van der Waals surface area (Å²) >= 11 is 8.02. The van der Waals surface area contributed by atoms with Crippen molar-refractivity contribution >= 4 is 33.5 Å². The third kappa shape index (κ3) is 3.72. The molecule has 0 saturated carbocycles. The molecule has 0 aromatic carbocycles. The Morgan fingerprint density at radius 2 is 2.44 bits per heavy atom. The van der Waals surface area contributed by atoms with Crippen LogP contribution in [0.3, 0.4) is 0 Å². The summed E-state index contributed by atoms with van der Waals surface area (Å²) in [6.45, 7) is 0. The van der Waals surface area contributed by atoms with Crippen molar-refractivity contribution < 1.29 is 14.3 Å². The van der Waals surface area contributed by atoms with Crippen LogP contribution in [-0.2, 0) is 14.3 Å². The minimum atomic E-state index is -0.750. The molecule has 0 heterocycles. The van der Waals surface area contributed by atoms with Crippen LogP contribution >= 0.6 is 27.5 Å². The highest BCUT2D eigenvalue weighted by molar-refractivity contribution is 9.09. The predicted molar refractivity (Wildman–Crippen MR) is 36.5 cm³/mol. The van der Waals surface area contributed by atoms with Crippen molar-refractivity contribution in [3.05, 3.63) is 0 Å². The lowest BCUT2D eigenvalue weighted by molar-refractivity contribution is -0.146. The summed E-state index contributed by atoms with van der Waals surface area (Å²) in [6.07, 6.45) is 0. The van der Waals surface area contributed by atoms with Gasteiger partial charge in [0.2, 0.25) is 5.01 Å². The molecule has 0 radical (unpaired) electrons. The fourth-order valence-corrected chi connectivity index (χ4v) is 0.813. The third-order valence-electron chi connectivity index (χ3n) is 0.596. The monoisotopic (exact) mass is 216 g/mol. The maximum absolute atomic E-state index is 10.4. The van der Waals surface area contributed by atoms with E-state index in [9.17, 15) is 4.79 Å². The van der Waals surface area contributed by atoms with Gasteiger partial charge in [-0.2, -0.15) is 0 Å². The second-order valence-electron chi connectivity index (χ2n) is 1.11. The average molecular weight is 217 g/mol. The van der Waals surface area contributed by atoms with E-state index in [1.807, 2.05) is 0 Å². The van der Waals surface area contributed by atoms with E-state index < -0.39 is 11.0 Å². The van der Waals surface area contributed by atoms with Crippen LogP contribution in [-0.4, -0.2) is 24.2 Å². The molecule has 9 heavy (non-hydrogen) atoms. The van der Waals surface area contributed by atoms with E-state index in [1.165, 1.54) is 7.11 Å². The first-order chi connectivity index (χ1) is 4.22. The number of rotatable bonds is 3. The molecule has 0 rings (SSSR count). The Morgan fingerprint density at radius 3 is 2.78 bits per heavy atom. The van der Waals surface area contributed by atoms with Crippen molar-refractivity contribution in [3.8, 4) is 0 Å². The molecular weight excluding hydrogens is 211 g/mol. The Labute approximate surface area is 66.4 Å². The SMILES string of the molecule is COC(=O)C(Br)OCCl. The number of hydrogen-bond acceptors (Lipinski definition) is 3. The van der Waals surface area contributed by atoms with Gasteiger partial charge in [-0.3, -0.25) is 0 Å². The largest absolute Gasteiger partial charge is 0.466 e. The van der Waals surface area contributed by atoms with E-state index in [0.29, 0.717) is 0 Å². The molecule has 1 unspecified atom stereocenters. The lowest BCUT2D eigenvalue weighted by atomic mass is 10.7. The Kier molecular flexibility index (Phi) is 5.13. The molecule has 0 aromatic rings. The van der Waals surface area contributed by atoms with Gasteiger partial charge in [-0.1, -0.05) is 11.6 Å². The number of hydrogen-bond donors (Lipinski definition) is 0. The molecule has 0 fully saturated rings. The predicted octanol–water partition coefficient (Wildman–Crippen LogP) is 1.09. The molecule has 0 spiro atoms. The van der Waals surface area contributed by atoms with Crippen molar-refractivity contribution in [2.75, 3.05) is 13.2 Å². The van der Waals surface area contributed by atoms with E-state index in [2.05, 4.69) is 25.4 Å². The zero-order chi connectivity index (χ0) is 7.28. The highest BCUT2D eigenvalue weighted by Gasteiger charge is 2.13. The lowest BCUT2D eigenvalue weighted by Crippen LogP contribution is -2.18. The quantitative estimate of drug-likeness (QED) is 0.524. The van der Waals surface area contributed by atoms with E-state index in [0.717, 1.165) is 0 Å². The summed E-state index contributed by atoms with van der Waals surface area (Å²) in [6, 6.07) is -0.0367. The molecule has 0 N–H and O–H groups in total. The fourth-order valence-electron chi connectivity index (χ4n) is 0.216. The van der Waals surface area contributed by atoms with Gasteiger partial charge < -0.3 is 9.47 Å². The van der Waals surface area contributed by atoms with Crippen LogP contribution in [0.4, 0.5) is 0 Å². The molecule has 0 aromatic heterocycles. The number of alkyl halides is 2. The summed E-state index contributed by atoms with van der Waals surface area (Å²) in [5.41, 5.74) is 0. The lowest BCUT2D eigenvalue weighted by Gasteiger charge is -2.04. The molecule has 0 saturated heterocycles. The second kappa shape index (κ2) is 5.02. The highest BCUT2D eigenvalue weighted by Crippen LogP contribution is 2.03. The number of methoxy groups -OCH3 is 1. The number of carbonyl (C=O) groups excluding carboxylic acids is 1. The van der Waals surface area contributed by atoms with Crippen molar-refractivity contribution in [3.63, 3.8) is 0 Å². The summed E-state index contributed by atoms with van der Waals surface area (Å²) in [5.74, 6) is -0.490. The maximum Gasteiger partial charge on any atom is 0.346 e. The van der Waals surface area contributed by atoms with Crippen LogP contribution in [0.2, 0.25) is 0 Å². The third-order valence-corrected chi connectivity index (χ3v) is 1.36. The molecule has 5 heteroatoms.